The van der Waals surface area contributed by atoms with Gasteiger partial charge >= 0.3 is 44.8 Å². The number of carbonyl (C=O) groups is 6. The van der Waals surface area contributed by atoms with E-state index in [9.17, 15) is 59.4 Å². The smallest absolute Gasteiger partial charge is 0.550 e. The first-order chi connectivity index (χ1) is 12.1. The van der Waals surface area contributed by atoms with Gasteiger partial charge in [-0.2, -0.15) is 0 Å². The van der Waals surface area contributed by atoms with Crippen molar-refractivity contribution in [1.82, 2.24) is 0 Å². The number of carboxylic acid groups (broad SMARTS) is 6. The van der Waals surface area contributed by atoms with Crippen LogP contribution < -0.4 is 30.6 Å². The minimum Gasteiger partial charge on any atom is -0.550 e. The Balaban J connectivity index is -0.0000000960. The average Bonchev–Trinajstić information content (AvgIpc) is 2.46. The third kappa shape index (κ3) is 31.1. The molecule has 0 spiro atoms. The van der Waals surface area contributed by atoms with Crippen molar-refractivity contribution in [3.63, 3.8) is 0 Å². The maximum absolute atomic E-state index is 9.58. The molecular weight excluding hydrogens is 570 g/mol. The van der Waals surface area contributed by atoms with Crippen LogP contribution in [0.25, 0.3) is 0 Å². The Labute approximate surface area is 192 Å². The van der Waals surface area contributed by atoms with Crippen LogP contribution >= 0.6 is 0 Å². The molecule has 0 bridgehead atoms. The molecule has 0 aromatic carbocycles. The summed E-state index contributed by atoms with van der Waals surface area (Å²) in [5, 5.41) is 82.0. The van der Waals surface area contributed by atoms with Gasteiger partial charge in [-0.05, 0) is 0 Å². The molecule has 0 heterocycles. The van der Waals surface area contributed by atoms with E-state index in [-0.39, 0.29) is 44.8 Å². The predicted octanol–water partition coefficient (Wildman–Crippen LogP) is -11.3. The maximum Gasteiger partial charge on any atom is 3.00 e. The van der Waals surface area contributed by atoms with E-state index in [0.29, 0.717) is 0 Å². The first-order valence-electron chi connectivity index (χ1n) is 6.38. The first-order valence-corrected chi connectivity index (χ1v) is 6.38. The minimum absolute atomic E-state index is 0. The number of aliphatic hydroxyl groups is 3. The molecule has 3 N–H and O–H groups in total. The van der Waals surface area contributed by atoms with E-state index in [4.69, 9.17) is 15.3 Å². The van der Waals surface area contributed by atoms with Crippen LogP contribution in [0.3, 0.4) is 0 Å². The molecule has 0 radical (unpaired) electrons. The van der Waals surface area contributed by atoms with Gasteiger partial charge in [0.1, 0.15) is 0 Å². The molecule has 29 heavy (non-hydrogen) atoms. The minimum atomic E-state index is -1.96. The van der Waals surface area contributed by atoms with Crippen LogP contribution in [0.2, 0.25) is 0 Å². The summed E-state index contributed by atoms with van der Waals surface area (Å²) in [7, 11) is 0. The van der Waals surface area contributed by atoms with E-state index >= 15 is 0 Å². The summed E-state index contributed by atoms with van der Waals surface area (Å²) < 4.78 is 0. The summed E-state index contributed by atoms with van der Waals surface area (Å²) in [5.74, 6) is -10.3. The summed E-state index contributed by atoms with van der Waals surface area (Å²) in [6.07, 6.45) is -8.67. The van der Waals surface area contributed by atoms with Crippen LogP contribution in [0.4, 0.5) is 0 Å². The zero-order valence-electron chi connectivity index (χ0n) is 14.0. The molecule has 0 saturated carbocycles. The molecular formula is C12H12Nb2O15. The van der Waals surface area contributed by atoms with Crippen LogP contribution in [-0.4, -0.2) is 69.4 Å². The molecule has 0 aliphatic rings. The maximum atomic E-state index is 9.58. The van der Waals surface area contributed by atoms with Crippen LogP contribution in [0.5, 0.6) is 0 Å². The number of aliphatic hydroxyl groups excluding tert-OH is 3. The van der Waals surface area contributed by atoms with E-state index in [1.54, 1.807) is 0 Å². The summed E-state index contributed by atoms with van der Waals surface area (Å²) in [5.41, 5.74) is 0. The number of hydrogen-bond donors (Lipinski definition) is 3. The molecule has 0 aromatic rings. The van der Waals surface area contributed by atoms with Gasteiger partial charge in [-0.15, -0.1) is 0 Å². The molecule has 0 fully saturated rings. The zero-order valence-corrected chi connectivity index (χ0v) is 18.4. The van der Waals surface area contributed by atoms with Gasteiger partial charge < -0.3 is 74.7 Å². The first kappa shape index (κ1) is 37.9. The zero-order chi connectivity index (χ0) is 22.3. The van der Waals surface area contributed by atoms with Gasteiger partial charge in [0, 0.05) is 37.2 Å². The van der Waals surface area contributed by atoms with Crippen molar-refractivity contribution in [3.05, 3.63) is 0 Å². The number of hydrogen-bond acceptors (Lipinski definition) is 15. The van der Waals surface area contributed by atoms with Crippen molar-refractivity contribution < 1.29 is 119 Å². The number of aliphatic carboxylic acids is 6. The quantitative estimate of drug-likeness (QED) is 0.213. The predicted molar refractivity (Wildman–Crippen MR) is 61.9 cm³/mol. The molecule has 3 unspecified atom stereocenters. The number of carbonyl (C=O) groups excluding carboxylic acids is 6. The van der Waals surface area contributed by atoms with Gasteiger partial charge in [0.15, 0.2) is 0 Å². The molecule has 0 saturated heterocycles. The van der Waals surface area contributed by atoms with Gasteiger partial charge in [-0.25, -0.2) is 0 Å². The van der Waals surface area contributed by atoms with Crippen LogP contribution in [0.1, 0.15) is 19.3 Å². The SMILES string of the molecule is O=C([O-])CC(O)C(=O)[O-].O=C([O-])CC(O)C(=O)[O-].O=C([O-])CC(O)C(=O)[O-].[Nb+3].[Nb+3]. The molecule has 0 aliphatic heterocycles. The van der Waals surface area contributed by atoms with Gasteiger partial charge in [-0.3, -0.25) is 0 Å². The van der Waals surface area contributed by atoms with Gasteiger partial charge in [0.25, 0.3) is 0 Å². The Morgan fingerprint density at radius 1 is 0.483 bits per heavy atom. The number of carboxylic acids is 6. The third-order valence-corrected chi connectivity index (χ3v) is 1.90. The largest absolute Gasteiger partial charge is 3.00 e. The Morgan fingerprint density at radius 3 is 0.655 bits per heavy atom. The summed E-state index contributed by atoms with van der Waals surface area (Å²) in [6.45, 7) is 0. The van der Waals surface area contributed by atoms with Crippen molar-refractivity contribution in [1.29, 1.82) is 0 Å². The fraction of sp³-hybridized carbons (Fsp3) is 0.500. The second kappa shape index (κ2) is 20.9. The van der Waals surface area contributed by atoms with Gasteiger partial charge in [-0.1, -0.05) is 0 Å². The van der Waals surface area contributed by atoms with E-state index < -0.39 is 73.4 Å². The Bertz CT molecular complexity index is 473. The van der Waals surface area contributed by atoms with Crippen LogP contribution in [0.15, 0.2) is 0 Å². The molecule has 0 aliphatic carbocycles. The molecule has 0 aromatic heterocycles. The van der Waals surface area contributed by atoms with Crippen molar-refractivity contribution >= 4 is 35.8 Å². The second-order valence-electron chi connectivity index (χ2n) is 4.23. The van der Waals surface area contributed by atoms with Crippen molar-refractivity contribution in [3.8, 4) is 0 Å². The van der Waals surface area contributed by atoms with Crippen molar-refractivity contribution in [2.75, 3.05) is 0 Å². The van der Waals surface area contributed by atoms with Crippen molar-refractivity contribution in [2.24, 2.45) is 0 Å². The second-order valence-corrected chi connectivity index (χ2v) is 4.23. The van der Waals surface area contributed by atoms with Crippen LogP contribution in [0, 0.1) is 0 Å². The molecule has 0 rings (SSSR count). The summed E-state index contributed by atoms with van der Waals surface area (Å²) in [4.78, 5) is 57.4. The van der Waals surface area contributed by atoms with Gasteiger partial charge in [0.2, 0.25) is 0 Å². The standard InChI is InChI=1S/3C4H6O5.2Nb/c3*5-2(4(8)9)1-3(6)7;;/h3*2,5H,1H2,(H,6,7)(H,8,9);;/q;;;2*+3/p-6. The molecule has 17 heteroatoms. The molecule has 0 amide bonds. The summed E-state index contributed by atoms with van der Waals surface area (Å²) >= 11 is 0. The average molecular weight is 582 g/mol. The van der Waals surface area contributed by atoms with E-state index in [1.165, 1.54) is 0 Å². The third-order valence-electron chi connectivity index (χ3n) is 1.90. The van der Waals surface area contributed by atoms with E-state index in [2.05, 4.69) is 0 Å². The topological polar surface area (TPSA) is 301 Å². The van der Waals surface area contributed by atoms with Crippen LogP contribution in [-0.2, 0) is 73.5 Å². The monoisotopic (exact) mass is 582 g/mol. The summed E-state index contributed by atoms with van der Waals surface area (Å²) in [6, 6.07) is 0. The Kier molecular flexibility index (Phi) is 27.3. The Morgan fingerprint density at radius 2 is 0.621 bits per heavy atom. The van der Waals surface area contributed by atoms with E-state index in [0.717, 1.165) is 0 Å². The van der Waals surface area contributed by atoms with Crippen molar-refractivity contribution in [2.45, 2.75) is 37.6 Å². The normalized spacial score (nSPS) is 11.7. The number of rotatable bonds is 9. The van der Waals surface area contributed by atoms with E-state index in [1.807, 2.05) is 0 Å². The fourth-order valence-electron chi connectivity index (χ4n) is 0.724. The Hall–Kier alpha value is -1.82. The molecule has 15 nitrogen and oxygen atoms in total. The fourth-order valence-corrected chi connectivity index (χ4v) is 0.724. The van der Waals surface area contributed by atoms with Gasteiger partial charge in [0.05, 0.1) is 36.2 Å². The molecule has 160 valence electrons. The molecule has 3 atom stereocenters.